The van der Waals surface area contributed by atoms with Crippen molar-refractivity contribution in [1.82, 2.24) is 10.6 Å². The van der Waals surface area contributed by atoms with E-state index in [1.807, 2.05) is 36.5 Å². The zero-order valence-electron chi connectivity index (χ0n) is 12.8. The highest BCUT2D eigenvalue weighted by atomic mass is 16.5. The molecule has 6 nitrogen and oxygen atoms in total. The Hall–Kier alpha value is -2.81. The molecule has 1 atom stereocenters. The summed E-state index contributed by atoms with van der Waals surface area (Å²) < 4.78 is 5.32. The molecular formula is C16H18N4O2. The molecule has 1 aliphatic rings. The summed E-state index contributed by atoms with van der Waals surface area (Å²) in [5, 5.41) is 14.2. The lowest BCUT2D eigenvalue weighted by Gasteiger charge is -2.25. The molecule has 0 fully saturated rings. The highest BCUT2D eigenvalue weighted by molar-refractivity contribution is 5.95. The van der Waals surface area contributed by atoms with Gasteiger partial charge in [-0.25, -0.2) is 9.79 Å². The van der Waals surface area contributed by atoms with Gasteiger partial charge in [-0.15, -0.1) is 0 Å². The van der Waals surface area contributed by atoms with E-state index >= 15 is 0 Å². The number of guanidine groups is 1. The summed E-state index contributed by atoms with van der Waals surface area (Å²) in [5.41, 5.74) is 1.92. The number of hydrogen-bond donors (Lipinski definition) is 2. The number of hydrogen-bond acceptors (Lipinski definition) is 6. The lowest BCUT2D eigenvalue weighted by atomic mass is 9.96. The zero-order chi connectivity index (χ0) is 16.1. The predicted octanol–water partition coefficient (Wildman–Crippen LogP) is 1.98. The van der Waals surface area contributed by atoms with E-state index < -0.39 is 12.0 Å². The van der Waals surface area contributed by atoms with Gasteiger partial charge in [-0.1, -0.05) is 30.3 Å². The minimum Gasteiger partial charge on any atom is -0.459 e. The van der Waals surface area contributed by atoms with Crippen LogP contribution in [0, 0.1) is 11.5 Å². The Morgan fingerprint density at radius 3 is 2.68 bits per heavy atom. The van der Waals surface area contributed by atoms with E-state index in [9.17, 15) is 4.79 Å². The third-order valence-corrected chi connectivity index (χ3v) is 3.09. The minimum atomic E-state index is -0.510. The third-order valence-electron chi connectivity index (χ3n) is 3.09. The maximum atomic E-state index is 12.4. The Kier molecular flexibility index (Phi) is 4.79. The van der Waals surface area contributed by atoms with Gasteiger partial charge >= 0.3 is 5.97 Å². The van der Waals surface area contributed by atoms with Crippen LogP contribution >= 0.6 is 0 Å². The van der Waals surface area contributed by atoms with Crippen LogP contribution in [0.1, 0.15) is 32.4 Å². The number of esters is 1. The van der Waals surface area contributed by atoms with E-state index in [4.69, 9.17) is 10.00 Å². The predicted molar refractivity (Wildman–Crippen MR) is 82.4 cm³/mol. The van der Waals surface area contributed by atoms with Gasteiger partial charge < -0.3 is 10.1 Å². The van der Waals surface area contributed by atoms with E-state index in [-0.39, 0.29) is 6.10 Å². The lowest BCUT2D eigenvalue weighted by Crippen LogP contribution is -2.39. The number of carbonyl (C=O) groups excluding carboxylic acids is 1. The molecule has 0 amide bonds. The van der Waals surface area contributed by atoms with E-state index in [2.05, 4.69) is 15.6 Å². The molecule has 1 unspecified atom stereocenters. The normalized spacial score (nSPS) is 17.4. The first kappa shape index (κ1) is 15.6. The van der Waals surface area contributed by atoms with Gasteiger partial charge in [0, 0.05) is 5.70 Å². The van der Waals surface area contributed by atoms with Gasteiger partial charge in [-0.05, 0) is 26.3 Å². The number of benzene rings is 1. The van der Waals surface area contributed by atoms with Crippen molar-refractivity contribution in [2.45, 2.75) is 32.9 Å². The first-order valence-corrected chi connectivity index (χ1v) is 6.99. The maximum absolute atomic E-state index is 12.4. The fourth-order valence-electron chi connectivity index (χ4n) is 2.21. The fraction of sp³-hybridized carbons (Fsp3) is 0.312. The van der Waals surface area contributed by atoms with Gasteiger partial charge in [0.1, 0.15) is 6.04 Å². The summed E-state index contributed by atoms with van der Waals surface area (Å²) in [5.74, 6) is -0.0939. The van der Waals surface area contributed by atoms with Crippen LogP contribution in [0.3, 0.4) is 0 Å². The highest BCUT2D eigenvalue weighted by Crippen LogP contribution is 2.31. The van der Waals surface area contributed by atoms with Crippen LogP contribution in [-0.2, 0) is 9.53 Å². The van der Waals surface area contributed by atoms with Gasteiger partial charge in [-0.3, -0.25) is 5.32 Å². The number of aliphatic imine (C=N–C) groups is 1. The number of nitriles is 1. The van der Waals surface area contributed by atoms with Gasteiger partial charge in [0.15, 0.2) is 6.19 Å². The van der Waals surface area contributed by atoms with Crippen LogP contribution in [0.15, 0.2) is 46.6 Å². The zero-order valence-corrected chi connectivity index (χ0v) is 12.8. The molecule has 1 aliphatic heterocycles. The van der Waals surface area contributed by atoms with Crippen molar-refractivity contribution in [3.05, 3.63) is 47.2 Å². The molecule has 0 spiro atoms. The smallest absolute Gasteiger partial charge is 0.338 e. The second-order valence-electron chi connectivity index (χ2n) is 5.15. The molecule has 1 aromatic carbocycles. The van der Waals surface area contributed by atoms with E-state index in [1.54, 1.807) is 20.8 Å². The molecule has 2 rings (SSSR count). The van der Waals surface area contributed by atoms with Crippen LogP contribution in [0.2, 0.25) is 0 Å². The molecule has 114 valence electrons. The maximum Gasteiger partial charge on any atom is 0.338 e. The average molecular weight is 298 g/mol. The first-order valence-electron chi connectivity index (χ1n) is 6.99. The molecule has 0 saturated heterocycles. The Bertz CT molecular complexity index is 656. The molecule has 0 aromatic heterocycles. The summed E-state index contributed by atoms with van der Waals surface area (Å²) in [6, 6.07) is 8.92. The molecule has 2 N–H and O–H groups in total. The largest absolute Gasteiger partial charge is 0.459 e. The van der Waals surface area contributed by atoms with Gasteiger partial charge in [-0.2, -0.15) is 5.26 Å². The molecule has 0 aliphatic carbocycles. The third kappa shape index (κ3) is 3.44. The summed E-state index contributed by atoms with van der Waals surface area (Å²) in [6.07, 6.45) is 1.61. The molecule has 22 heavy (non-hydrogen) atoms. The van der Waals surface area contributed by atoms with Gasteiger partial charge in [0.25, 0.3) is 0 Å². The van der Waals surface area contributed by atoms with Crippen molar-refractivity contribution in [3.8, 4) is 6.19 Å². The number of allylic oxidation sites excluding steroid dienone is 1. The van der Waals surface area contributed by atoms with Crippen molar-refractivity contribution >= 4 is 11.9 Å². The Labute approximate surface area is 129 Å². The standard InChI is InChI=1S/C16H18N4O2/c1-10(2)22-15(21)13-11(3)19-16(18-9-17)20-14(13)12-7-5-4-6-8-12/h4-8,10,14H,1-3H3,(H2,18,19,20). The second kappa shape index (κ2) is 6.76. The Morgan fingerprint density at radius 1 is 1.41 bits per heavy atom. The van der Waals surface area contributed by atoms with Gasteiger partial charge in [0.2, 0.25) is 5.96 Å². The molecule has 0 bridgehead atoms. The van der Waals surface area contributed by atoms with Crippen LogP contribution in [0.5, 0.6) is 0 Å². The highest BCUT2D eigenvalue weighted by Gasteiger charge is 2.30. The van der Waals surface area contributed by atoms with E-state index in [0.29, 0.717) is 17.2 Å². The Balaban J connectivity index is 2.42. The summed E-state index contributed by atoms with van der Waals surface area (Å²) in [4.78, 5) is 16.8. The van der Waals surface area contributed by atoms with Crippen molar-refractivity contribution in [3.63, 3.8) is 0 Å². The van der Waals surface area contributed by atoms with Crippen LogP contribution in [0.25, 0.3) is 0 Å². The monoisotopic (exact) mass is 298 g/mol. The van der Waals surface area contributed by atoms with Crippen LogP contribution < -0.4 is 10.6 Å². The SMILES string of the molecule is CC1=C(C(=O)OC(C)C)C(c2ccccc2)N=C(NC#N)N1. The molecular weight excluding hydrogens is 280 g/mol. The van der Waals surface area contributed by atoms with Crippen LogP contribution in [0.4, 0.5) is 0 Å². The number of nitrogens with zero attached hydrogens (tertiary/aromatic N) is 2. The van der Waals surface area contributed by atoms with Crippen LogP contribution in [-0.4, -0.2) is 18.0 Å². The number of rotatable bonds is 3. The minimum absolute atomic E-state index is 0.216. The molecule has 1 heterocycles. The molecule has 0 saturated carbocycles. The Morgan fingerprint density at radius 2 is 2.09 bits per heavy atom. The molecule has 1 aromatic rings. The molecule has 0 radical (unpaired) electrons. The first-order chi connectivity index (χ1) is 10.5. The second-order valence-corrected chi connectivity index (χ2v) is 5.15. The van der Waals surface area contributed by atoms with E-state index in [0.717, 1.165) is 5.56 Å². The molecule has 6 heteroatoms. The van der Waals surface area contributed by atoms with Crippen molar-refractivity contribution in [1.29, 1.82) is 5.26 Å². The quantitative estimate of drug-likeness (QED) is 0.506. The summed E-state index contributed by atoms with van der Waals surface area (Å²) in [7, 11) is 0. The number of carbonyl (C=O) groups is 1. The van der Waals surface area contributed by atoms with Crippen molar-refractivity contribution in [2.24, 2.45) is 4.99 Å². The lowest BCUT2D eigenvalue weighted by molar-refractivity contribution is -0.143. The van der Waals surface area contributed by atoms with Gasteiger partial charge in [0.05, 0.1) is 11.7 Å². The van der Waals surface area contributed by atoms with Crippen molar-refractivity contribution in [2.75, 3.05) is 0 Å². The summed E-state index contributed by atoms with van der Waals surface area (Å²) >= 11 is 0. The number of ether oxygens (including phenoxy) is 1. The fourth-order valence-corrected chi connectivity index (χ4v) is 2.21. The summed E-state index contributed by atoms with van der Waals surface area (Å²) in [6.45, 7) is 5.36. The van der Waals surface area contributed by atoms with E-state index in [1.165, 1.54) is 0 Å². The topological polar surface area (TPSA) is 86.5 Å². The number of nitrogens with one attached hydrogen (secondary N) is 2. The average Bonchev–Trinajstić information content (AvgIpc) is 2.47. The van der Waals surface area contributed by atoms with Crippen molar-refractivity contribution < 1.29 is 9.53 Å².